The maximum atomic E-state index is 9.56. The molecule has 0 unspecified atom stereocenters. The highest BCUT2D eigenvalue weighted by Gasteiger charge is 2.12. The topological polar surface area (TPSA) is 25.2 Å². The van der Waals surface area contributed by atoms with Crippen LogP contribution >= 0.6 is 11.8 Å². The van der Waals surface area contributed by atoms with Crippen LogP contribution < -0.4 is 0 Å². The van der Waals surface area contributed by atoms with Crippen LogP contribution in [-0.4, -0.2) is 15.9 Å². The summed E-state index contributed by atoms with van der Waals surface area (Å²) in [7, 11) is 1.96. The van der Waals surface area contributed by atoms with Gasteiger partial charge in [0.2, 0.25) is 0 Å². The zero-order chi connectivity index (χ0) is 8.59. The van der Waals surface area contributed by atoms with Crippen LogP contribution in [0.4, 0.5) is 0 Å². The lowest BCUT2D eigenvalue weighted by molar-refractivity contribution is 0.458. The Morgan fingerprint density at radius 3 is 2.00 bits per heavy atom. The summed E-state index contributed by atoms with van der Waals surface area (Å²) < 4.78 is 2.00. The van der Waals surface area contributed by atoms with Gasteiger partial charge >= 0.3 is 0 Å². The van der Waals surface area contributed by atoms with E-state index in [1.54, 1.807) is 11.8 Å². The van der Waals surface area contributed by atoms with Crippen molar-refractivity contribution in [2.45, 2.75) is 18.7 Å². The Balaban J connectivity index is 3.36. The molecule has 0 atom stereocenters. The Kier molecular flexibility index (Phi) is 2.18. The number of aromatic hydroxyl groups is 1. The van der Waals surface area contributed by atoms with E-state index in [9.17, 15) is 5.11 Å². The normalized spacial score (nSPS) is 10.5. The summed E-state index contributed by atoms with van der Waals surface area (Å²) in [5.41, 5.74) is 2.07. The molecule has 0 bridgehead atoms. The smallest absolute Gasteiger partial charge is 0.149 e. The van der Waals surface area contributed by atoms with Gasteiger partial charge in [0, 0.05) is 12.7 Å². The summed E-state index contributed by atoms with van der Waals surface area (Å²) in [6.45, 7) is 3.93. The molecular weight excluding hydrogens is 158 g/mol. The van der Waals surface area contributed by atoms with E-state index in [1.807, 2.05) is 31.7 Å². The minimum absolute atomic E-state index is 0.428. The molecule has 1 aromatic rings. The summed E-state index contributed by atoms with van der Waals surface area (Å²) in [5, 5.41) is 9.56. The molecule has 0 amide bonds. The monoisotopic (exact) mass is 171 g/mol. The Morgan fingerprint density at radius 2 is 1.82 bits per heavy atom. The summed E-state index contributed by atoms with van der Waals surface area (Å²) in [4.78, 5) is 0.991. The summed E-state index contributed by atoms with van der Waals surface area (Å²) in [6, 6.07) is 0. The van der Waals surface area contributed by atoms with E-state index in [0.29, 0.717) is 5.75 Å². The Labute approximate surface area is 71.2 Å². The highest BCUT2D eigenvalue weighted by Crippen LogP contribution is 2.34. The average molecular weight is 171 g/mol. The first kappa shape index (κ1) is 8.53. The van der Waals surface area contributed by atoms with Crippen molar-refractivity contribution in [3.05, 3.63) is 11.4 Å². The van der Waals surface area contributed by atoms with Crippen molar-refractivity contribution in [2.75, 3.05) is 6.26 Å². The Hall–Kier alpha value is -0.570. The van der Waals surface area contributed by atoms with Gasteiger partial charge in [-0.05, 0) is 20.1 Å². The van der Waals surface area contributed by atoms with Crippen molar-refractivity contribution >= 4 is 11.8 Å². The van der Waals surface area contributed by atoms with Gasteiger partial charge < -0.3 is 9.67 Å². The van der Waals surface area contributed by atoms with Gasteiger partial charge in [-0.15, -0.1) is 11.8 Å². The molecular formula is C8H13NOS. The molecule has 0 aliphatic heterocycles. The lowest BCUT2D eigenvalue weighted by Crippen LogP contribution is -1.92. The van der Waals surface area contributed by atoms with Crippen LogP contribution in [0, 0.1) is 13.8 Å². The second kappa shape index (κ2) is 2.81. The minimum Gasteiger partial charge on any atom is -0.505 e. The minimum atomic E-state index is 0.428. The second-order valence-electron chi connectivity index (χ2n) is 2.61. The summed E-state index contributed by atoms with van der Waals surface area (Å²) in [5.74, 6) is 0.428. The fourth-order valence-corrected chi connectivity index (χ4v) is 1.92. The molecule has 0 fully saturated rings. The second-order valence-corrected chi connectivity index (χ2v) is 3.43. The maximum Gasteiger partial charge on any atom is 0.149 e. The average Bonchev–Trinajstić information content (AvgIpc) is 2.17. The molecule has 11 heavy (non-hydrogen) atoms. The van der Waals surface area contributed by atoms with Crippen molar-refractivity contribution in [2.24, 2.45) is 7.05 Å². The summed E-state index contributed by atoms with van der Waals surface area (Å²) in [6.07, 6.45) is 1.97. The van der Waals surface area contributed by atoms with E-state index < -0.39 is 0 Å². The maximum absolute atomic E-state index is 9.56. The van der Waals surface area contributed by atoms with Crippen LogP contribution in [0.1, 0.15) is 11.4 Å². The molecule has 1 rings (SSSR count). The molecule has 1 N–H and O–H groups in total. The Morgan fingerprint density at radius 1 is 1.27 bits per heavy atom. The Bertz CT molecular complexity index is 253. The van der Waals surface area contributed by atoms with E-state index in [1.165, 1.54) is 0 Å². The van der Waals surface area contributed by atoms with E-state index in [4.69, 9.17) is 0 Å². The molecule has 0 saturated carbocycles. The molecule has 0 spiro atoms. The first-order valence-electron chi connectivity index (χ1n) is 3.48. The predicted molar refractivity (Wildman–Crippen MR) is 48.3 cm³/mol. The van der Waals surface area contributed by atoms with Crippen molar-refractivity contribution in [1.82, 2.24) is 4.57 Å². The molecule has 62 valence electrons. The van der Waals surface area contributed by atoms with Gasteiger partial charge in [-0.1, -0.05) is 0 Å². The molecule has 0 aliphatic rings. The molecule has 0 saturated heterocycles. The van der Waals surface area contributed by atoms with E-state index >= 15 is 0 Å². The highest BCUT2D eigenvalue weighted by molar-refractivity contribution is 7.98. The summed E-state index contributed by atoms with van der Waals surface area (Å²) >= 11 is 1.59. The third-order valence-corrected chi connectivity index (χ3v) is 2.99. The molecule has 0 radical (unpaired) electrons. The van der Waals surface area contributed by atoms with Crippen molar-refractivity contribution in [3.8, 4) is 5.75 Å². The van der Waals surface area contributed by atoms with Gasteiger partial charge in [0.25, 0.3) is 0 Å². The first-order chi connectivity index (χ1) is 5.09. The number of aromatic nitrogens is 1. The van der Waals surface area contributed by atoms with Gasteiger partial charge in [-0.2, -0.15) is 0 Å². The predicted octanol–water partition coefficient (Wildman–Crippen LogP) is 2.07. The molecule has 0 aromatic carbocycles. The number of hydrogen-bond acceptors (Lipinski definition) is 2. The van der Waals surface area contributed by atoms with Gasteiger partial charge in [-0.3, -0.25) is 0 Å². The number of hydrogen-bond donors (Lipinski definition) is 1. The zero-order valence-corrected chi connectivity index (χ0v) is 8.12. The largest absolute Gasteiger partial charge is 0.505 e. The lowest BCUT2D eigenvalue weighted by Gasteiger charge is -1.97. The van der Waals surface area contributed by atoms with Gasteiger partial charge in [0.1, 0.15) is 5.75 Å². The van der Waals surface area contributed by atoms with Gasteiger partial charge in [-0.25, -0.2) is 0 Å². The molecule has 1 aromatic heterocycles. The van der Waals surface area contributed by atoms with Gasteiger partial charge in [0.15, 0.2) is 0 Å². The third-order valence-electron chi connectivity index (χ3n) is 2.10. The number of rotatable bonds is 1. The van der Waals surface area contributed by atoms with Crippen LogP contribution in [0.5, 0.6) is 5.75 Å². The first-order valence-corrected chi connectivity index (χ1v) is 4.71. The zero-order valence-electron chi connectivity index (χ0n) is 7.30. The lowest BCUT2D eigenvalue weighted by atomic mass is 10.4. The number of nitrogens with zero attached hydrogens (tertiary/aromatic N) is 1. The van der Waals surface area contributed by atoms with Crippen LogP contribution in [0.3, 0.4) is 0 Å². The fraction of sp³-hybridized carbons (Fsp3) is 0.500. The van der Waals surface area contributed by atoms with E-state index in [2.05, 4.69) is 0 Å². The fourth-order valence-electron chi connectivity index (χ4n) is 1.14. The number of thioether (sulfide) groups is 1. The molecule has 1 heterocycles. The van der Waals surface area contributed by atoms with Crippen LogP contribution in [0.15, 0.2) is 4.90 Å². The van der Waals surface area contributed by atoms with Crippen LogP contribution in [-0.2, 0) is 7.05 Å². The van der Waals surface area contributed by atoms with Crippen molar-refractivity contribution in [3.63, 3.8) is 0 Å². The van der Waals surface area contributed by atoms with Crippen LogP contribution in [0.25, 0.3) is 0 Å². The quantitative estimate of drug-likeness (QED) is 0.654. The SMILES string of the molecule is CSc1c(O)c(C)n(C)c1C. The van der Waals surface area contributed by atoms with E-state index in [0.717, 1.165) is 16.3 Å². The molecule has 2 nitrogen and oxygen atoms in total. The standard InChI is InChI=1S/C8H13NOS/c1-5-7(10)8(11-4)6(2)9(5)3/h10H,1-4H3. The highest BCUT2D eigenvalue weighted by atomic mass is 32.2. The van der Waals surface area contributed by atoms with E-state index in [-0.39, 0.29) is 0 Å². The molecule has 3 heteroatoms. The molecule has 0 aliphatic carbocycles. The third kappa shape index (κ3) is 1.13. The van der Waals surface area contributed by atoms with Crippen LogP contribution in [0.2, 0.25) is 0 Å². The van der Waals surface area contributed by atoms with Crippen molar-refractivity contribution in [1.29, 1.82) is 0 Å². The van der Waals surface area contributed by atoms with Gasteiger partial charge in [0.05, 0.1) is 10.6 Å². The van der Waals surface area contributed by atoms with Crippen molar-refractivity contribution < 1.29 is 5.11 Å².